The minimum atomic E-state index is -0.461. The number of hydrogen-bond donors (Lipinski definition) is 2. The Morgan fingerprint density at radius 3 is 1.74 bits per heavy atom. The summed E-state index contributed by atoms with van der Waals surface area (Å²) in [5.41, 5.74) is 6.81. The lowest BCUT2D eigenvalue weighted by molar-refractivity contribution is -0.129. The quantitative estimate of drug-likeness (QED) is 0.834. The summed E-state index contributed by atoms with van der Waals surface area (Å²) in [6.07, 6.45) is 0.377. The van der Waals surface area contributed by atoms with Crippen LogP contribution in [0.5, 0.6) is 0 Å². The minimum Gasteiger partial charge on any atom is -0.273 e. The van der Waals surface area contributed by atoms with Crippen molar-refractivity contribution in [2.45, 2.75) is 26.2 Å². The molecule has 2 aromatic rings. The summed E-state index contributed by atoms with van der Waals surface area (Å²) in [5, 5.41) is 0. The van der Waals surface area contributed by atoms with Crippen LogP contribution in [0.1, 0.15) is 37.3 Å². The molecule has 0 aliphatic carbocycles. The molecule has 2 N–H and O–H groups in total. The fourth-order valence-electron chi connectivity index (χ4n) is 2.41. The van der Waals surface area contributed by atoms with Gasteiger partial charge in [-0.05, 0) is 17.0 Å². The van der Waals surface area contributed by atoms with Crippen LogP contribution in [-0.4, -0.2) is 11.8 Å². The molecule has 0 bridgehead atoms. The summed E-state index contributed by atoms with van der Waals surface area (Å²) < 4.78 is 0. The molecular weight excluding hydrogens is 288 g/mol. The monoisotopic (exact) mass is 310 g/mol. The Labute approximate surface area is 136 Å². The van der Waals surface area contributed by atoms with Crippen molar-refractivity contribution < 1.29 is 9.59 Å². The molecule has 0 radical (unpaired) electrons. The maximum absolute atomic E-state index is 12.6. The van der Waals surface area contributed by atoms with Crippen molar-refractivity contribution in [2.24, 2.45) is 5.92 Å². The molecule has 0 aromatic heterocycles. The first kappa shape index (κ1) is 16.7. The van der Waals surface area contributed by atoms with Crippen LogP contribution in [0.4, 0.5) is 0 Å². The van der Waals surface area contributed by atoms with Crippen LogP contribution in [0.3, 0.4) is 0 Å². The van der Waals surface area contributed by atoms with E-state index >= 15 is 0 Å². The standard InChI is InChI=1S/C19H22N2O2/c1-14(2)13-17(22)20-21-19(23)18(15-9-5-3-6-10-15)16-11-7-4-8-12-16/h3-12,14,18H,13H2,1-2H3,(H,20,22)(H,21,23). The molecule has 0 saturated heterocycles. The Hall–Kier alpha value is -2.62. The van der Waals surface area contributed by atoms with Crippen LogP contribution in [0.15, 0.2) is 60.7 Å². The largest absolute Gasteiger partial charge is 0.273 e. The van der Waals surface area contributed by atoms with Gasteiger partial charge in [-0.3, -0.25) is 20.4 Å². The van der Waals surface area contributed by atoms with Gasteiger partial charge in [-0.15, -0.1) is 0 Å². The van der Waals surface area contributed by atoms with Crippen molar-refractivity contribution in [2.75, 3.05) is 0 Å². The molecule has 0 aliphatic rings. The summed E-state index contributed by atoms with van der Waals surface area (Å²) in [4.78, 5) is 24.3. The summed E-state index contributed by atoms with van der Waals surface area (Å²) in [5.74, 6) is -0.657. The topological polar surface area (TPSA) is 58.2 Å². The first-order valence-corrected chi connectivity index (χ1v) is 7.76. The van der Waals surface area contributed by atoms with Crippen molar-refractivity contribution in [3.63, 3.8) is 0 Å². The van der Waals surface area contributed by atoms with Gasteiger partial charge in [0.2, 0.25) is 11.8 Å². The number of carbonyl (C=O) groups is 2. The molecule has 2 amide bonds. The number of rotatable bonds is 5. The van der Waals surface area contributed by atoms with E-state index in [4.69, 9.17) is 0 Å². The van der Waals surface area contributed by atoms with Gasteiger partial charge in [-0.1, -0.05) is 74.5 Å². The van der Waals surface area contributed by atoms with Gasteiger partial charge in [0, 0.05) is 6.42 Å². The predicted molar refractivity (Wildman–Crippen MR) is 90.5 cm³/mol. The number of nitrogens with one attached hydrogen (secondary N) is 2. The van der Waals surface area contributed by atoms with Crippen molar-refractivity contribution in [1.29, 1.82) is 0 Å². The van der Waals surface area contributed by atoms with Crippen LogP contribution in [0, 0.1) is 5.92 Å². The van der Waals surface area contributed by atoms with E-state index in [0.717, 1.165) is 11.1 Å². The first-order chi connectivity index (χ1) is 11.1. The molecule has 0 fully saturated rings. The molecule has 0 atom stereocenters. The lowest BCUT2D eigenvalue weighted by Gasteiger charge is -2.18. The molecule has 23 heavy (non-hydrogen) atoms. The van der Waals surface area contributed by atoms with Crippen LogP contribution in [0.2, 0.25) is 0 Å². The van der Waals surface area contributed by atoms with E-state index < -0.39 is 5.92 Å². The Morgan fingerprint density at radius 1 is 0.826 bits per heavy atom. The zero-order valence-corrected chi connectivity index (χ0v) is 13.5. The summed E-state index contributed by atoms with van der Waals surface area (Å²) in [7, 11) is 0. The molecule has 2 aromatic carbocycles. The highest BCUT2D eigenvalue weighted by Crippen LogP contribution is 2.24. The van der Waals surface area contributed by atoms with Gasteiger partial charge in [0.1, 0.15) is 0 Å². The second-order valence-electron chi connectivity index (χ2n) is 5.89. The van der Waals surface area contributed by atoms with Gasteiger partial charge in [0.25, 0.3) is 0 Å². The number of benzene rings is 2. The molecule has 0 heterocycles. The van der Waals surface area contributed by atoms with E-state index in [1.165, 1.54) is 0 Å². The fourth-order valence-corrected chi connectivity index (χ4v) is 2.41. The molecule has 4 heteroatoms. The third-order valence-corrected chi connectivity index (χ3v) is 3.45. The third kappa shape index (κ3) is 4.95. The van der Waals surface area contributed by atoms with Crippen molar-refractivity contribution in [3.8, 4) is 0 Å². The second-order valence-corrected chi connectivity index (χ2v) is 5.89. The highest BCUT2D eigenvalue weighted by atomic mass is 16.2. The molecule has 120 valence electrons. The zero-order valence-electron chi connectivity index (χ0n) is 13.5. The first-order valence-electron chi connectivity index (χ1n) is 7.76. The smallest absolute Gasteiger partial charge is 0.250 e. The number of hydrazine groups is 1. The highest BCUT2D eigenvalue weighted by molar-refractivity contribution is 5.89. The van der Waals surface area contributed by atoms with E-state index in [-0.39, 0.29) is 17.7 Å². The maximum Gasteiger partial charge on any atom is 0.250 e. The van der Waals surface area contributed by atoms with Gasteiger partial charge in [-0.2, -0.15) is 0 Å². The number of hydrogen-bond acceptors (Lipinski definition) is 2. The molecule has 4 nitrogen and oxygen atoms in total. The van der Waals surface area contributed by atoms with Crippen molar-refractivity contribution in [1.82, 2.24) is 10.9 Å². The van der Waals surface area contributed by atoms with Crippen LogP contribution in [-0.2, 0) is 9.59 Å². The van der Waals surface area contributed by atoms with E-state index in [1.54, 1.807) is 0 Å². The molecule has 0 spiro atoms. The van der Waals surface area contributed by atoms with Crippen LogP contribution in [0.25, 0.3) is 0 Å². The molecule has 0 unspecified atom stereocenters. The Bertz CT molecular complexity index is 599. The van der Waals surface area contributed by atoms with Gasteiger partial charge < -0.3 is 0 Å². The zero-order chi connectivity index (χ0) is 16.7. The predicted octanol–water partition coefficient (Wildman–Crippen LogP) is 3.01. The molecule has 0 aliphatic heterocycles. The van der Waals surface area contributed by atoms with E-state index in [2.05, 4.69) is 10.9 Å². The normalized spacial score (nSPS) is 10.6. The van der Waals surface area contributed by atoms with Crippen LogP contribution < -0.4 is 10.9 Å². The van der Waals surface area contributed by atoms with Crippen molar-refractivity contribution >= 4 is 11.8 Å². The average molecular weight is 310 g/mol. The third-order valence-electron chi connectivity index (χ3n) is 3.45. The van der Waals surface area contributed by atoms with Gasteiger partial charge in [-0.25, -0.2) is 0 Å². The van der Waals surface area contributed by atoms with E-state index in [9.17, 15) is 9.59 Å². The highest BCUT2D eigenvalue weighted by Gasteiger charge is 2.22. The lowest BCUT2D eigenvalue weighted by Crippen LogP contribution is -2.44. The van der Waals surface area contributed by atoms with E-state index in [1.807, 2.05) is 74.5 Å². The Kier molecular flexibility index (Phi) is 5.92. The number of carbonyl (C=O) groups excluding carboxylic acids is 2. The maximum atomic E-state index is 12.6. The number of amides is 2. The molecule has 2 rings (SSSR count). The summed E-state index contributed by atoms with van der Waals surface area (Å²) in [6, 6.07) is 19.1. The summed E-state index contributed by atoms with van der Waals surface area (Å²) in [6.45, 7) is 3.91. The van der Waals surface area contributed by atoms with Crippen LogP contribution >= 0.6 is 0 Å². The lowest BCUT2D eigenvalue weighted by atomic mass is 9.91. The molecular formula is C19H22N2O2. The molecule has 0 saturated carbocycles. The Balaban J connectivity index is 2.15. The van der Waals surface area contributed by atoms with E-state index in [0.29, 0.717) is 6.42 Å². The SMILES string of the molecule is CC(C)CC(=O)NNC(=O)C(c1ccccc1)c1ccccc1. The van der Waals surface area contributed by atoms with Crippen molar-refractivity contribution in [3.05, 3.63) is 71.8 Å². The van der Waals surface area contributed by atoms with Gasteiger partial charge >= 0.3 is 0 Å². The van der Waals surface area contributed by atoms with Gasteiger partial charge in [0.05, 0.1) is 5.92 Å². The second kappa shape index (κ2) is 8.13. The Morgan fingerprint density at radius 2 is 1.30 bits per heavy atom. The van der Waals surface area contributed by atoms with Gasteiger partial charge in [0.15, 0.2) is 0 Å². The minimum absolute atomic E-state index is 0.187. The summed E-state index contributed by atoms with van der Waals surface area (Å²) >= 11 is 0. The fraction of sp³-hybridized carbons (Fsp3) is 0.263. The average Bonchev–Trinajstić information content (AvgIpc) is 2.55.